The number of amides is 1. The van der Waals surface area contributed by atoms with Gasteiger partial charge >= 0.3 is 0 Å². The molecule has 1 atom stereocenters. The molecule has 1 amide bonds. The molecule has 0 aliphatic carbocycles. The molecule has 25 heavy (non-hydrogen) atoms. The number of halogens is 1. The first-order chi connectivity index (χ1) is 11.9. The average molecular weight is 354 g/mol. The summed E-state index contributed by atoms with van der Waals surface area (Å²) in [6.07, 6.45) is 1.67. The molecule has 2 aromatic carbocycles. The maximum Gasteiger partial charge on any atom is 0.276 e. The van der Waals surface area contributed by atoms with Crippen LogP contribution in [0.25, 0.3) is 6.08 Å². The van der Waals surface area contributed by atoms with Crippen LogP contribution in [0.1, 0.15) is 23.1 Å². The Morgan fingerprint density at radius 3 is 2.60 bits per heavy atom. The fourth-order valence-corrected chi connectivity index (χ4v) is 3.76. The Kier molecular flexibility index (Phi) is 3.48. The number of benzene rings is 2. The zero-order chi connectivity index (χ0) is 17.8. The van der Waals surface area contributed by atoms with Crippen molar-refractivity contribution in [1.29, 1.82) is 0 Å². The summed E-state index contributed by atoms with van der Waals surface area (Å²) in [6, 6.07) is 13.0. The Balaban J connectivity index is 1.79. The van der Waals surface area contributed by atoms with Crippen molar-refractivity contribution in [2.75, 3.05) is 11.9 Å². The van der Waals surface area contributed by atoms with Crippen LogP contribution in [-0.2, 0) is 19.9 Å². The predicted octanol–water partition coefficient (Wildman–Crippen LogP) is 3.85. The van der Waals surface area contributed by atoms with E-state index < -0.39 is 5.60 Å². The molecule has 1 saturated heterocycles. The number of fused-ring (bicyclic) bond motifs is 2. The van der Waals surface area contributed by atoms with Gasteiger partial charge in [0, 0.05) is 12.6 Å². The summed E-state index contributed by atoms with van der Waals surface area (Å²) in [4.78, 5) is 26.9. The monoisotopic (exact) mass is 353 g/mol. The summed E-state index contributed by atoms with van der Waals surface area (Å²) >= 11 is 6.26. The quantitative estimate of drug-likeness (QED) is 0.731. The Labute approximate surface area is 150 Å². The molecule has 2 aliphatic rings. The summed E-state index contributed by atoms with van der Waals surface area (Å²) < 4.78 is 5.98. The van der Waals surface area contributed by atoms with Gasteiger partial charge in [-0.15, -0.1) is 0 Å². The minimum Gasteiger partial charge on any atom is -0.468 e. The molecule has 0 bridgehead atoms. The van der Waals surface area contributed by atoms with Gasteiger partial charge in [0.05, 0.1) is 17.1 Å². The number of carbonyl (C=O) groups excluding carboxylic acids is 2. The van der Waals surface area contributed by atoms with Gasteiger partial charge in [-0.25, -0.2) is 0 Å². The van der Waals surface area contributed by atoms with E-state index in [0.29, 0.717) is 16.3 Å². The predicted molar refractivity (Wildman–Crippen MR) is 96.4 cm³/mol. The van der Waals surface area contributed by atoms with Crippen molar-refractivity contribution in [2.45, 2.75) is 18.9 Å². The first kappa shape index (κ1) is 15.9. The van der Waals surface area contributed by atoms with E-state index in [9.17, 15) is 9.59 Å². The lowest BCUT2D eigenvalue weighted by Gasteiger charge is -2.21. The number of ether oxygens (including phenoxy) is 1. The number of likely N-dealkylation sites (N-methyl/N-ethyl adjacent to an activating group) is 1. The number of hydrogen-bond donors (Lipinski definition) is 0. The van der Waals surface area contributed by atoms with Crippen LogP contribution in [0, 0.1) is 6.92 Å². The highest BCUT2D eigenvalue weighted by Crippen LogP contribution is 2.51. The van der Waals surface area contributed by atoms with Crippen molar-refractivity contribution in [3.05, 3.63) is 69.9 Å². The number of rotatable bonds is 1. The van der Waals surface area contributed by atoms with Gasteiger partial charge in [-0.3, -0.25) is 9.59 Å². The summed E-state index contributed by atoms with van der Waals surface area (Å²) in [7, 11) is 1.65. The molecule has 0 aromatic heterocycles. The van der Waals surface area contributed by atoms with Crippen LogP contribution in [0.2, 0.25) is 5.02 Å². The van der Waals surface area contributed by atoms with Crippen molar-refractivity contribution >= 4 is 35.1 Å². The zero-order valence-corrected chi connectivity index (χ0v) is 14.6. The fourth-order valence-electron chi connectivity index (χ4n) is 3.46. The molecule has 2 heterocycles. The number of nitrogens with zero attached hydrogens (tertiary/aromatic N) is 1. The number of hydrogen-bond acceptors (Lipinski definition) is 3. The second-order valence-corrected chi connectivity index (χ2v) is 6.86. The van der Waals surface area contributed by atoms with Crippen LogP contribution in [0.3, 0.4) is 0 Å². The number of ketones is 1. The van der Waals surface area contributed by atoms with Crippen LogP contribution in [0.5, 0.6) is 0 Å². The Hall–Kier alpha value is -2.59. The largest absolute Gasteiger partial charge is 0.468 e. The highest BCUT2D eigenvalue weighted by Gasteiger charge is 2.58. The molecule has 126 valence electrons. The standard InChI is InChI=1S/C20H16ClNO3/c1-12-6-8-13(9-7-12)10-17-16(23)11-20(25-17)14-4-3-5-15(21)18(14)22(2)19(20)24/h3-10H,11H2,1-2H3/b17-10-. The maximum atomic E-state index is 12.9. The normalized spacial score (nSPS) is 23.5. The SMILES string of the molecule is Cc1ccc(/C=C2\OC3(CC2=O)C(=O)N(C)c2c(Cl)cccc23)cc1. The molecule has 0 N–H and O–H groups in total. The number of allylic oxidation sites excluding steroid dienone is 1. The lowest BCUT2D eigenvalue weighted by Crippen LogP contribution is -2.38. The molecule has 1 unspecified atom stereocenters. The minimum absolute atomic E-state index is 0.0127. The van der Waals surface area contributed by atoms with E-state index in [4.69, 9.17) is 16.3 Å². The third-order valence-corrected chi connectivity index (χ3v) is 5.06. The topological polar surface area (TPSA) is 46.6 Å². The van der Waals surface area contributed by atoms with Gasteiger partial charge in [-0.1, -0.05) is 53.6 Å². The highest BCUT2D eigenvalue weighted by atomic mass is 35.5. The molecular weight excluding hydrogens is 338 g/mol. The van der Waals surface area contributed by atoms with Gasteiger partial charge in [-0.2, -0.15) is 0 Å². The van der Waals surface area contributed by atoms with E-state index >= 15 is 0 Å². The Morgan fingerprint density at radius 2 is 1.88 bits per heavy atom. The van der Waals surface area contributed by atoms with Crippen molar-refractivity contribution in [3.8, 4) is 0 Å². The molecule has 4 nitrogen and oxygen atoms in total. The van der Waals surface area contributed by atoms with Crippen molar-refractivity contribution in [1.82, 2.24) is 0 Å². The van der Waals surface area contributed by atoms with Crippen LogP contribution >= 0.6 is 11.6 Å². The molecule has 5 heteroatoms. The molecule has 2 aliphatic heterocycles. The van der Waals surface area contributed by atoms with E-state index in [1.165, 1.54) is 4.90 Å². The smallest absolute Gasteiger partial charge is 0.276 e. The third-order valence-electron chi connectivity index (χ3n) is 4.75. The average Bonchev–Trinajstić information content (AvgIpc) is 3.02. The Morgan fingerprint density at radius 1 is 1.16 bits per heavy atom. The van der Waals surface area contributed by atoms with Gasteiger partial charge in [0.25, 0.3) is 5.91 Å². The first-order valence-electron chi connectivity index (χ1n) is 8.00. The second-order valence-electron chi connectivity index (χ2n) is 6.45. The minimum atomic E-state index is -1.30. The number of anilines is 1. The maximum absolute atomic E-state index is 12.9. The van der Waals surface area contributed by atoms with E-state index in [1.807, 2.05) is 31.2 Å². The fraction of sp³-hybridized carbons (Fsp3) is 0.200. The second kappa shape index (κ2) is 5.46. The van der Waals surface area contributed by atoms with Crippen molar-refractivity contribution in [2.24, 2.45) is 0 Å². The number of Topliss-reactive ketones (excluding diaryl/α,β-unsaturated/α-hetero) is 1. The van der Waals surface area contributed by atoms with Crippen LogP contribution in [-0.4, -0.2) is 18.7 Å². The molecule has 1 fully saturated rings. The summed E-state index contributed by atoms with van der Waals surface area (Å²) in [6.45, 7) is 2.00. The summed E-state index contributed by atoms with van der Waals surface area (Å²) in [5.74, 6) is -0.246. The number of carbonyl (C=O) groups is 2. The van der Waals surface area contributed by atoms with E-state index in [0.717, 1.165) is 11.1 Å². The zero-order valence-electron chi connectivity index (χ0n) is 13.9. The molecule has 0 radical (unpaired) electrons. The van der Waals surface area contributed by atoms with E-state index in [2.05, 4.69) is 0 Å². The third kappa shape index (κ3) is 2.29. The lowest BCUT2D eigenvalue weighted by molar-refractivity contribution is -0.135. The molecular formula is C20H16ClNO3. The van der Waals surface area contributed by atoms with Gasteiger partial charge in [0.15, 0.2) is 5.76 Å². The number of para-hydroxylation sites is 1. The molecule has 4 rings (SSSR count). The Bertz CT molecular complexity index is 932. The van der Waals surface area contributed by atoms with Gasteiger partial charge in [-0.05, 0) is 24.6 Å². The van der Waals surface area contributed by atoms with Crippen molar-refractivity contribution in [3.63, 3.8) is 0 Å². The van der Waals surface area contributed by atoms with Crippen LogP contribution in [0.4, 0.5) is 5.69 Å². The highest BCUT2D eigenvalue weighted by molar-refractivity contribution is 6.35. The molecule has 2 aromatic rings. The molecule has 0 saturated carbocycles. The first-order valence-corrected chi connectivity index (χ1v) is 8.38. The number of aryl methyl sites for hydroxylation is 1. The molecule has 1 spiro atoms. The summed E-state index contributed by atoms with van der Waals surface area (Å²) in [5, 5.41) is 0.470. The van der Waals surface area contributed by atoms with Crippen LogP contribution in [0.15, 0.2) is 48.2 Å². The summed E-state index contributed by atoms with van der Waals surface area (Å²) in [5.41, 5.74) is 1.94. The van der Waals surface area contributed by atoms with E-state index in [1.54, 1.807) is 31.3 Å². The van der Waals surface area contributed by atoms with Gasteiger partial charge in [0.2, 0.25) is 11.4 Å². The lowest BCUT2D eigenvalue weighted by atomic mass is 9.92. The van der Waals surface area contributed by atoms with Crippen molar-refractivity contribution < 1.29 is 14.3 Å². The van der Waals surface area contributed by atoms with Gasteiger partial charge in [0.1, 0.15) is 0 Å². The van der Waals surface area contributed by atoms with E-state index in [-0.39, 0.29) is 23.9 Å². The van der Waals surface area contributed by atoms with Crippen LogP contribution < -0.4 is 4.90 Å². The van der Waals surface area contributed by atoms with Gasteiger partial charge < -0.3 is 9.64 Å².